The monoisotopic (exact) mass is 405 g/mol. The minimum Gasteiger partial charge on any atom is -0.381 e. The van der Waals surface area contributed by atoms with Crippen molar-refractivity contribution in [2.45, 2.75) is 19.0 Å². The van der Waals surface area contributed by atoms with Crippen molar-refractivity contribution >= 4 is 29.0 Å². The Morgan fingerprint density at radius 2 is 2.17 bits per heavy atom. The van der Waals surface area contributed by atoms with Gasteiger partial charge in [-0.05, 0) is 36.8 Å². The number of nitrogens with one attached hydrogen (secondary N) is 1. The minimum absolute atomic E-state index is 0.192. The first kappa shape index (κ1) is 18.7. The maximum absolute atomic E-state index is 12.6. The lowest BCUT2D eigenvalue weighted by Crippen LogP contribution is -2.37. The van der Waals surface area contributed by atoms with E-state index in [1.807, 2.05) is 23.8 Å². The number of halogens is 1. The average molecular weight is 406 g/mol. The van der Waals surface area contributed by atoms with E-state index >= 15 is 0 Å². The molecule has 0 radical (unpaired) electrons. The number of fused-ring (bicyclic) bond motifs is 1. The highest BCUT2D eigenvalue weighted by Gasteiger charge is 2.33. The van der Waals surface area contributed by atoms with Crippen LogP contribution in [0.25, 0.3) is 0 Å². The second-order valence-electron chi connectivity index (χ2n) is 6.84. The van der Waals surface area contributed by atoms with Crippen molar-refractivity contribution in [2.75, 3.05) is 5.32 Å². The molecule has 144 valence electrons. The quantitative estimate of drug-likeness (QED) is 0.693. The van der Waals surface area contributed by atoms with E-state index in [1.54, 1.807) is 24.4 Å². The van der Waals surface area contributed by atoms with Crippen LogP contribution >= 0.6 is 11.6 Å². The van der Waals surface area contributed by atoms with Crippen molar-refractivity contribution in [3.8, 4) is 6.07 Å². The van der Waals surface area contributed by atoms with Gasteiger partial charge in [-0.1, -0.05) is 17.7 Å². The standard InChI is InChI=1S/C20H16ClN7O/c1-20(11-28-7-6-24-18(28)17(23)27-20)13-3-2-12(9-22)16(8-13)26-19(29)15-5-4-14(21)10-25-15/h2-8,10H,11H2,1H3,(H2,23,27)(H,26,29). The highest BCUT2D eigenvalue weighted by molar-refractivity contribution is 6.30. The van der Waals surface area contributed by atoms with E-state index < -0.39 is 11.4 Å². The van der Waals surface area contributed by atoms with Gasteiger partial charge < -0.3 is 15.6 Å². The van der Waals surface area contributed by atoms with E-state index in [0.717, 1.165) is 5.56 Å². The third kappa shape index (κ3) is 3.44. The number of aromatic nitrogens is 3. The van der Waals surface area contributed by atoms with E-state index in [-0.39, 0.29) is 5.69 Å². The van der Waals surface area contributed by atoms with Crippen molar-refractivity contribution < 1.29 is 4.79 Å². The first-order chi connectivity index (χ1) is 13.9. The van der Waals surface area contributed by atoms with Crippen LogP contribution in [0.3, 0.4) is 0 Å². The minimum atomic E-state index is -0.677. The van der Waals surface area contributed by atoms with Crippen LogP contribution in [-0.2, 0) is 12.1 Å². The molecular formula is C20H16ClN7O. The highest BCUT2D eigenvalue weighted by Crippen LogP contribution is 2.33. The number of pyridine rings is 1. The van der Waals surface area contributed by atoms with Crippen LogP contribution in [-0.4, -0.2) is 26.3 Å². The maximum Gasteiger partial charge on any atom is 0.274 e. The van der Waals surface area contributed by atoms with E-state index in [1.165, 1.54) is 12.3 Å². The molecule has 0 saturated carbocycles. The van der Waals surface area contributed by atoms with Crippen LogP contribution in [0.4, 0.5) is 5.69 Å². The molecule has 1 amide bonds. The zero-order chi connectivity index (χ0) is 20.6. The number of imidazole rings is 1. The third-order valence-electron chi connectivity index (χ3n) is 4.76. The number of nitrogens with zero attached hydrogens (tertiary/aromatic N) is 5. The van der Waals surface area contributed by atoms with Crippen molar-refractivity contribution in [2.24, 2.45) is 10.7 Å². The summed E-state index contributed by atoms with van der Waals surface area (Å²) >= 11 is 5.82. The predicted molar refractivity (Wildman–Crippen MR) is 109 cm³/mol. The molecule has 0 saturated heterocycles. The lowest BCUT2D eigenvalue weighted by atomic mass is 9.90. The van der Waals surface area contributed by atoms with Gasteiger partial charge in [-0.3, -0.25) is 9.79 Å². The Morgan fingerprint density at radius 1 is 1.34 bits per heavy atom. The summed E-state index contributed by atoms with van der Waals surface area (Å²) in [5.74, 6) is 0.520. The van der Waals surface area contributed by atoms with E-state index in [9.17, 15) is 10.1 Å². The van der Waals surface area contributed by atoms with Gasteiger partial charge in [-0.2, -0.15) is 5.26 Å². The SMILES string of the molecule is CC1(c2ccc(C#N)c(NC(=O)c3ccc(Cl)cn3)c2)Cn2ccnc2C(N)=N1. The molecule has 2 aromatic heterocycles. The van der Waals surface area contributed by atoms with E-state index in [2.05, 4.69) is 26.3 Å². The summed E-state index contributed by atoms with van der Waals surface area (Å²) < 4.78 is 1.93. The van der Waals surface area contributed by atoms with Crippen LogP contribution in [0.2, 0.25) is 5.02 Å². The number of carbonyl (C=O) groups is 1. The number of hydrogen-bond acceptors (Lipinski definition) is 6. The fourth-order valence-corrected chi connectivity index (χ4v) is 3.40. The Hall–Kier alpha value is -3.70. The summed E-state index contributed by atoms with van der Waals surface area (Å²) in [7, 11) is 0. The van der Waals surface area contributed by atoms with Gasteiger partial charge in [-0.15, -0.1) is 0 Å². The fraction of sp³-hybridized carbons (Fsp3) is 0.150. The Labute approximate surface area is 171 Å². The molecule has 9 heteroatoms. The summed E-state index contributed by atoms with van der Waals surface area (Å²) in [6.07, 6.45) is 4.90. The topological polar surface area (TPSA) is 122 Å². The molecule has 1 unspecified atom stereocenters. The molecule has 29 heavy (non-hydrogen) atoms. The van der Waals surface area contributed by atoms with Crippen molar-refractivity contribution in [3.63, 3.8) is 0 Å². The Bertz CT molecular complexity index is 1180. The molecule has 8 nitrogen and oxygen atoms in total. The van der Waals surface area contributed by atoms with Crippen LogP contribution in [0, 0.1) is 11.3 Å². The average Bonchev–Trinajstić information content (AvgIpc) is 3.17. The molecule has 1 aliphatic heterocycles. The Morgan fingerprint density at radius 3 is 2.90 bits per heavy atom. The first-order valence-electron chi connectivity index (χ1n) is 8.74. The van der Waals surface area contributed by atoms with Gasteiger partial charge in [0.2, 0.25) is 0 Å². The van der Waals surface area contributed by atoms with Gasteiger partial charge in [0.15, 0.2) is 11.7 Å². The summed E-state index contributed by atoms with van der Waals surface area (Å²) in [5.41, 5.74) is 7.11. The number of nitriles is 1. The van der Waals surface area contributed by atoms with Crippen molar-refractivity contribution in [1.29, 1.82) is 5.26 Å². The Balaban J connectivity index is 1.69. The lowest BCUT2D eigenvalue weighted by molar-refractivity contribution is 0.102. The summed E-state index contributed by atoms with van der Waals surface area (Å²) in [6, 6.07) is 10.4. The van der Waals surface area contributed by atoms with Crippen molar-refractivity contribution in [1.82, 2.24) is 14.5 Å². The van der Waals surface area contributed by atoms with Gasteiger partial charge in [0.05, 0.1) is 22.8 Å². The molecule has 4 rings (SSSR count). The fourth-order valence-electron chi connectivity index (χ4n) is 3.29. The number of nitrogens with two attached hydrogens (primary N) is 1. The molecule has 3 heterocycles. The molecule has 0 aliphatic carbocycles. The third-order valence-corrected chi connectivity index (χ3v) is 4.98. The number of amidine groups is 1. The van der Waals surface area contributed by atoms with Crippen LogP contribution in [0.5, 0.6) is 0 Å². The van der Waals surface area contributed by atoms with Gasteiger partial charge in [0.1, 0.15) is 17.3 Å². The first-order valence-corrected chi connectivity index (χ1v) is 9.12. The molecule has 1 atom stereocenters. The smallest absolute Gasteiger partial charge is 0.274 e. The molecule has 0 fully saturated rings. The molecule has 3 aromatic rings. The zero-order valence-corrected chi connectivity index (χ0v) is 16.2. The van der Waals surface area contributed by atoms with Crippen LogP contribution in [0.1, 0.15) is 34.4 Å². The van der Waals surface area contributed by atoms with Gasteiger partial charge in [0.25, 0.3) is 5.91 Å². The zero-order valence-electron chi connectivity index (χ0n) is 15.4. The second-order valence-corrected chi connectivity index (χ2v) is 7.27. The number of benzene rings is 1. The molecule has 1 aliphatic rings. The van der Waals surface area contributed by atoms with E-state index in [4.69, 9.17) is 17.3 Å². The Kier molecular flexibility index (Phi) is 4.53. The maximum atomic E-state index is 12.6. The number of aliphatic imine (C=N–C) groups is 1. The molecule has 0 bridgehead atoms. The van der Waals surface area contributed by atoms with E-state index in [0.29, 0.717) is 34.5 Å². The van der Waals surface area contributed by atoms with Gasteiger partial charge in [0, 0.05) is 18.6 Å². The number of carbonyl (C=O) groups excluding carboxylic acids is 1. The van der Waals surface area contributed by atoms with Crippen LogP contribution < -0.4 is 11.1 Å². The largest absolute Gasteiger partial charge is 0.381 e. The van der Waals surface area contributed by atoms with Crippen LogP contribution in [0.15, 0.2) is 53.9 Å². The number of anilines is 1. The van der Waals surface area contributed by atoms with Gasteiger partial charge >= 0.3 is 0 Å². The van der Waals surface area contributed by atoms with Crippen molar-refractivity contribution in [3.05, 3.63) is 76.6 Å². The summed E-state index contributed by atoms with van der Waals surface area (Å²) in [6.45, 7) is 2.47. The molecule has 3 N–H and O–H groups in total. The molecule has 0 spiro atoms. The summed E-state index contributed by atoms with van der Waals surface area (Å²) in [5, 5.41) is 12.6. The lowest BCUT2D eigenvalue weighted by Gasteiger charge is -2.31. The van der Waals surface area contributed by atoms with Gasteiger partial charge in [-0.25, -0.2) is 9.97 Å². The number of amides is 1. The summed E-state index contributed by atoms with van der Waals surface area (Å²) in [4.78, 5) is 25.4. The molecule has 1 aromatic carbocycles. The normalized spacial score (nSPS) is 17.8. The number of hydrogen-bond donors (Lipinski definition) is 2. The predicted octanol–water partition coefficient (Wildman–Crippen LogP) is 2.69. The highest BCUT2D eigenvalue weighted by atomic mass is 35.5. The molecular weight excluding hydrogens is 390 g/mol. The second kappa shape index (κ2) is 7.04. The number of rotatable bonds is 3.